The van der Waals surface area contributed by atoms with Crippen LogP contribution in [-0.2, 0) is 22.0 Å². The van der Waals surface area contributed by atoms with E-state index < -0.39 is 15.8 Å². The van der Waals surface area contributed by atoms with Gasteiger partial charge in [-0.2, -0.15) is 10.2 Å². The summed E-state index contributed by atoms with van der Waals surface area (Å²) in [6, 6.07) is 4.70. The van der Waals surface area contributed by atoms with E-state index in [1.54, 1.807) is 6.20 Å². The number of aromatic amines is 2. The maximum Gasteiger partial charge on any atom is 0.241 e. The van der Waals surface area contributed by atoms with Crippen LogP contribution >= 0.6 is 0 Å². The molecule has 1 aliphatic heterocycles. The first-order chi connectivity index (χ1) is 15.6. The molecule has 176 valence electrons. The Bertz CT molecular complexity index is 1290. The minimum absolute atomic E-state index is 0.0162. The van der Waals surface area contributed by atoms with Gasteiger partial charge in [0, 0.05) is 35.2 Å². The van der Waals surface area contributed by atoms with Crippen LogP contribution in [0.1, 0.15) is 62.9 Å². The zero-order valence-corrected chi connectivity index (χ0v) is 19.5. The van der Waals surface area contributed by atoms with Crippen molar-refractivity contribution in [2.24, 2.45) is 0 Å². The lowest BCUT2D eigenvalue weighted by atomic mass is 9.92. The summed E-state index contributed by atoms with van der Waals surface area (Å²) in [7, 11) is -3.62. The third-order valence-corrected chi connectivity index (χ3v) is 7.71. The van der Waals surface area contributed by atoms with Crippen LogP contribution in [0.25, 0.3) is 0 Å². The van der Waals surface area contributed by atoms with Crippen molar-refractivity contribution >= 4 is 21.5 Å². The quantitative estimate of drug-likeness (QED) is 0.446. The molecule has 2 aliphatic rings. The summed E-state index contributed by atoms with van der Waals surface area (Å²) in [4.78, 5) is -0.0162. The second-order valence-electron chi connectivity index (χ2n) is 9.66. The van der Waals surface area contributed by atoms with Gasteiger partial charge in [-0.1, -0.05) is 20.8 Å². The van der Waals surface area contributed by atoms with E-state index in [0.717, 1.165) is 36.4 Å². The van der Waals surface area contributed by atoms with Gasteiger partial charge in [0.1, 0.15) is 5.69 Å². The van der Waals surface area contributed by atoms with Crippen molar-refractivity contribution in [3.63, 3.8) is 0 Å². The molecule has 11 heteroatoms. The van der Waals surface area contributed by atoms with Crippen molar-refractivity contribution in [1.29, 1.82) is 0 Å². The Balaban J connectivity index is 1.26. The fourth-order valence-corrected chi connectivity index (χ4v) is 5.75. The minimum atomic E-state index is -3.62. The molecule has 2 atom stereocenters. The number of rotatable bonds is 5. The summed E-state index contributed by atoms with van der Waals surface area (Å²) >= 11 is 0. The fraction of sp³-hybridized carbons (Fsp3) is 0.455. The van der Waals surface area contributed by atoms with Crippen LogP contribution in [-0.4, -0.2) is 34.9 Å². The zero-order chi connectivity index (χ0) is 23.4. The molecule has 1 saturated carbocycles. The van der Waals surface area contributed by atoms with Crippen molar-refractivity contribution in [2.75, 3.05) is 5.32 Å². The molecular formula is C22H27FN6O3S. The number of H-pyrrole nitrogens is 2. The highest BCUT2D eigenvalue weighted by molar-refractivity contribution is 7.89. The van der Waals surface area contributed by atoms with E-state index >= 15 is 0 Å². The molecule has 4 N–H and O–H groups in total. The summed E-state index contributed by atoms with van der Waals surface area (Å²) in [6.45, 7) is 6.26. The Hall–Kier alpha value is -2.92. The molecule has 33 heavy (non-hydrogen) atoms. The average molecular weight is 475 g/mol. The van der Waals surface area contributed by atoms with Gasteiger partial charge in [-0.25, -0.2) is 17.5 Å². The zero-order valence-electron chi connectivity index (χ0n) is 18.7. The van der Waals surface area contributed by atoms with Gasteiger partial charge < -0.3 is 10.1 Å². The fourth-order valence-electron chi connectivity index (χ4n) is 4.52. The van der Waals surface area contributed by atoms with Crippen LogP contribution in [0.5, 0.6) is 5.75 Å². The molecule has 0 radical (unpaired) electrons. The molecular weight excluding hydrogens is 447 g/mol. The topological polar surface area (TPSA) is 125 Å². The van der Waals surface area contributed by atoms with E-state index in [1.165, 1.54) is 12.1 Å². The van der Waals surface area contributed by atoms with Gasteiger partial charge in [-0.3, -0.25) is 10.2 Å². The number of ether oxygens (including phenoxy) is 1. The smallest absolute Gasteiger partial charge is 0.241 e. The van der Waals surface area contributed by atoms with Crippen LogP contribution in [0.2, 0.25) is 0 Å². The molecule has 2 unspecified atom stereocenters. The molecule has 3 heterocycles. The first kappa shape index (κ1) is 21.9. The van der Waals surface area contributed by atoms with E-state index in [1.807, 2.05) is 6.07 Å². The van der Waals surface area contributed by atoms with Crippen molar-refractivity contribution in [2.45, 2.75) is 68.9 Å². The Kier molecular flexibility index (Phi) is 5.20. The van der Waals surface area contributed by atoms with Gasteiger partial charge in [-0.15, -0.1) is 0 Å². The standard InChI is InChI=1S/C22H27FN6O3S/c1-22(2,3)21-17(11-24-29-21)32-13-5-4-12(8-13)16-9-19(28-27-16)26-15-6-7-18-14(20(15)23)10-25-33(18,30)31/h6-7,9,11-13,25H,4-5,8,10H2,1-3H3,(H,24,29)(H2,26,27,28). The number of nitrogens with zero attached hydrogens (tertiary/aromatic N) is 2. The Morgan fingerprint density at radius 2 is 2.03 bits per heavy atom. The molecule has 1 aliphatic carbocycles. The second-order valence-corrected chi connectivity index (χ2v) is 11.4. The van der Waals surface area contributed by atoms with Gasteiger partial charge in [0.25, 0.3) is 0 Å². The van der Waals surface area contributed by atoms with Crippen LogP contribution in [0, 0.1) is 5.82 Å². The van der Waals surface area contributed by atoms with E-state index in [4.69, 9.17) is 4.74 Å². The monoisotopic (exact) mass is 474 g/mol. The van der Waals surface area contributed by atoms with Gasteiger partial charge in [0.2, 0.25) is 10.0 Å². The number of halogens is 1. The number of nitrogens with one attached hydrogen (secondary N) is 4. The first-order valence-corrected chi connectivity index (χ1v) is 12.4. The van der Waals surface area contributed by atoms with Crippen molar-refractivity contribution in [3.05, 3.63) is 47.2 Å². The van der Waals surface area contributed by atoms with Crippen molar-refractivity contribution in [3.8, 4) is 5.75 Å². The van der Waals surface area contributed by atoms with Crippen molar-refractivity contribution in [1.82, 2.24) is 25.1 Å². The summed E-state index contributed by atoms with van der Waals surface area (Å²) in [5, 5.41) is 17.5. The van der Waals surface area contributed by atoms with Gasteiger partial charge in [-0.05, 0) is 31.4 Å². The lowest BCUT2D eigenvalue weighted by Crippen LogP contribution is -2.17. The maximum atomic E-state index is 14.8. The van der Waals surface area contributed by atoms with E-state index in [9.17, 15) is 12.8 Å². The summed E-state index contributed by atoms with van der Waals surface area (Å²) in [5.41, 5.74) is 2.09. The molecule has 0 spiro atoms. The van der Waals surface area contributed by atoms with Gasteiger partial charge >= 0.3 is 0 Å². The lowest BCUT2D eigenvalue weighted by molar-refractivity contribution is 0.203. The Labute approximate surface area is 191 Å². The number of anilines is 2. The number of hydrogen-bond donors (Lipinski definition) is 4. The van der Waals surface area contributed by atoms with Gasteiger partial charge in [0.05, 0.1) is 22.9 Å². The van der Waals surface area contributed by atoms with Crippen LogP contribution in [0.3, 0.4) is 0 Å². The van der Waals surface area contributed by atoms with Gasteiger partial charge in [0.15, 0.2) is 17.4 Å². The molecule has 1 aromatic carbocycles. The Morgan fingerprint density at radius 1 is 1.21 bits per heavy atom. The van der Waals surface area contributed by atoms with E-state index in [2.05, 4.69) is 51.2 Å². The van der Waals surface area contributed by atoms with Crippen LogP contribution in [0.15, 0.2) is 29.3 Å². The molecule has 0 amide bonds. The third kappa shape index (κ3) is 4.10. The number of aromatic nitrogens is 4. The predicted octanol–water partition coefficient (Wildman–Crippen LogP) is 3.82. The molecule has 3 aromatic rings. The summed E-state index contributed by atoms with van der Waals surface area (Å²) in [5.74, 6) is 0.938. The minimum Gasteiger partial charge on any atom is -0.487 e. The third-order valence-electron chi connectivity index (χ3n) is 6.22. The maximum absolute atomic E-state index is 14.8. The van der Waals surface area contributed by atoms with Crippen LogP contribution < -0.4 is 14.8 Å². The summed E-state index contributed by atoms with van der Waals surface area (Å²) in [6.07, 6.45) is 4.59. The number of fused-ring (bicyclic) bond motifs is 1. The molecule has 1 fully saturated rings. The predicted molar refractivity (Wildman–Crippen MR) is 121 cm³/mol. The molecule has 0 saturated heterocycles. The van der Waals surface area contributed by atoms with Crippen LogP contribution in [0.4, 0.5) is 15.9 Å². The Morgan fingerprint density at radius 3 is 2.82 bits per heavy atom. The molecule has 5 rings (SSSR count). The normalized spacial score (nSPS) is 21.8. The van der Waals surface area contributed by atoms with E-state index in [-0.39, 0.29) is 40.1 Å². The number of benzene rings is 1. The molecule has 9 nitrogen and oxygen atoms in total. The number of hydrogen-bond acceptors (Lipinski definition) is 6. The number of sulfonamides is 1. The second kappa shape index (κ2) is 7.84. The highest BCUT2D eigenvalue weighted by atomic mass is 32.2. The largest absolute Gasteiger partial charge is 0.487 e. The van der Waals surface area contributed by atoms with E-state index in [0.29, 0.717) is 5.82 Å². The highest BCUT2D eigenvalue weighted by Crippen LogP contribution is 2.39. The highest BCUT2D eigenvalue weighted by Gasteiger charge is 2.32. The average Bonchev–Trinajstić information content (AvgIpc) is 3.51. The SMILES string of the molecule is CC(C)(C)c1n[nH]cc1OC1CCC(c2cc(Nc3ccc4c(c3F)CNS4(=O)=O)n[nH]2)C1. The summed E-state index contributed by atoms with van der Waals surface area (Å²) < 4.78 is 47.2. The van der Waals surface area contributed by atoms with Crippen molar-refractivity contribution < 1.29 is 17.5 Å². The molecule has 2 aromatic heterocycles. The lowest BCUT2D eigenvalue weighted by Gasteiger charge is -2.20. The molecule has 0 bridgehead atoms. The first-order valence-electron chi connectivity index (χ1n) is 11.0.